The molecule has 2 rings (SSSR count). The van der Waals surface area contributed by atoms with Gasteiger partial charge in [-0.3, -0.25) is 4.90 Å². The number of hydrogen-bond acceptors (Lipinski definition) is 3. The lowest BCUT2D eigenvalue weighted by Crippen LogP contribution is -2.62. The lowest BCUT2D eigenvalue weighted by molar-refractivity contribution is 0.0199. The van der Waals surface area contributed by atoms with E-state index < -0.39 is 0 Å². The van der Waals surface area contributed by atoms with E-state index in [9.17, 15) is 0 Å². The van der Waals surface area contributed by atoms with Crippen molar-refractivity contribution in [1.29, 1.82) is 0 Å². The first-order chi connectivity index (χ1) is 9.08. The van der Waals surface area contributed by atoms with Gasteiger partial charge in [-0.15, -0.1) is 0 Å². The molecule has 1 aliphatic carbocycles. The van der Waals surface area contributed by atoms with Crippen LogP contribution in [0, 0.1) is 5.41 Å². The molecule has 2 aliphatic rings. The molecular formula is C16H33N3. The molecule has 0 aromatic heterocycles. The van der Waals surface area contributed by atoms with E-state index in [1.54, 1.807) is 0 Å². The van der Waals surface area contributed by atoms with Crippen molar-refractivity contribution in [3.05, 3.63) is 0 Å². The average Bonchev–Trinajstić information content (AvgIpc) is 2.41. The molecule has 19 heavy (non-hydrogen) atoms. The molecule has 0 aromatic rings. The second-order valence-corrected chi connectivity index (χ2v) is 6.95. The molecule has 112 valence electrons. The van der Waals surface area contributed by atoms with E-state index in [-0.39, 0.29) is 0 Å². The zero-order valence-corrected chi connectivity index (χ0v) is 13.4. The summed E-state index contributed by atoms with van der Waals surface area (Å²) in [5.74, 6) is 0. The zero-order chi connectivity index (χ0) is 13.9. The van der Waals surface area contributed by atoms with Gasteiger partial charge >= 0.3 is 0 Å². The van der Waals surface area contributed by atoms with Gasteiger partial charge in [0.25, 0.3) is 0 Å². The maximum Gasteiger partial charge on any atom is 0.0274 e. The van der Waals surface area contributed by atoms with Crippen molar-refractivity contribution in [2.45, 2.75) is 59.0 Å². The first-order valence-electron chi connectivity index (χ1n) is 8.28. The summed E-state index contributed by atoms with van der Waals surface area (Å²) in [7, 11) is 0. The number of likely N-dealkylation sites (N-methyl/N-ethyl adjacent to an activating group) is 2. The van der Waals surface area contributed by atoms with Gasteiger partial charge in [0, 0.05) is 38.3 Å². The Morgan fingerprint density at radius 1 is 1.11 bits per heavy atom. The molecular weight excluding hydrogens is 234 g/mol. The second-order valence-electron chi connectivity index (χ2n) is 6.95. The molecule has 3 nitrogen and oxygen atoms in total. The smallest absolute Gasteiger partial charge is 0.0274 e. The van der Waals surface area contributed by atoms with E-state index in [0.29, 0.717) is 11.5 Å². The van der Waals surface area contributed by atoms with E-state index in [2.05, 4.69) is 42.8 Å². The minimum Gasteiger partial charge on any atom is -0.312 e. The van der Waals surface area contributed by atoms with Crippen LogP contribution in [0.5, 0.6) is 0 Å². The van der Waals surface area contributed by atoms with Gasteiger partial charge in [-0.25, -0.2) is 0 Å². The van der Waals surface area contributed by atoms with Crippen molar-refractivity contribution in [1.82, 2.24) is 15.1 Å². The molecule has 0 amide bonds. The van der Waals surface area contributed by atoms with Gasteiger partial charge in [0.15, 0.2) is 0 Å². The van der Waals surface area contributed by atoms with Crippen LogP contribution in [0.4, 0.5) is 0 Å². The summed E-state index contributed by atoms with van der Waals surface area (Å²) in [5, 5.41) is 3.79. The summed E-state index contributed by atoms with van der Waals surface area (Å²) >= 11 is 0. The topological polar surface area (TPSA) is 18.5 Å². The molecule has 0 bridgehead atoms. The number of nitrogens with one attached hydrogen (secondary N) is 1. The predicted octanol–water partition coefficient (Wildman–Crippen LogP) is 2.18. The quantitative estimate of drug-likeness (QED) is 0.842. The standard InChI is InChI=1S/C16H33N3/c1-5-17-15-14(8-7-9-16(15,3)4)19-12-10-18(6-2)11-13-19/h14-15,17H,5-13H2,1-4H3. The van der Waals surface area contributed by atoms with Gasteiger partial charge in [-0.1, -0.05) is 34.1 Å². The Hall–Kier alpha value is -0.120. The Morgan fingerprint density at radius 3 is 2.37 bits per heavy atom. The molecule has 0 aromatic carbocycles. The molecule has 2 atom stereocenters. The zero-order valence-electron chi connectivity index (χ0n) is 13.4. The fourth-order valence-electron chi connectivity index (χ4n) is 4.05. The Morgan fingerprint density at radius 2 is 1.79 bits per heavy atom. The van der Waals surface area contributed by atoms with Crippen molar-refractivity contribution in [2.75, 3.05) is 39.3 Å². The Labute approximate surface area is 119 Å². The van der Waals surface area contributed by atoms with E-state index in [1.807, 2.05) is 0 Å². The van der Waals surface area contributed by atoms with Crippen LogP contribution in [0.1, 0.15) is 47.0 Å². The van der Waals surface area contributed by atoms with Crippen LogP contribution in [0.25, 0.3) is 0 Å². The summed E-state index contributed by atoms with van der Waals surface area (Å²) in [6.07, 6.45) is 4.15. The molecule has 1 N–H and O–H groups in total. The van der Waals surface area contributed by atoms with Crippen LogP contribution in [0.15, 0.2) is 0 Å². The third-order valence-corrected chi connectivity index (χ3v) is 5.29. The highest BCUT2D eigenvalue weighted by Crippen LogP contribution is 2.38. The largest absolute Gasteiger partial charge is 0.312 e. The maximum atomic E-state index is 3.79. The lowest BCUT2D eigenvalue weighted by atomic mass is 9.70. The number of piperazine rings is 1. The molecule has 0 spiro atoms. The fourth-order valence-corrected chi connectivity index (χ4v) is 4.05. The summed E-state index contributed by atoms with van der Waals surface area (Å²) < 4.78 is 0. The van der Waals surface area contributed by atoms with Gasteiger partial charge in [0.05, 0.1) is 0 Å². The summed E-state index contributed by atoms with van der Waals surface area (Å²) in [4.78, 5) is 5.34. The van der Waals surface area contributed by atoms with Crippen molar-refractivity contribution < 1.29 is 0 Å². The highest BCUT2D eigenvalue weighted by molar-refractivity contribution is 4.98. The monoisotopic (exact) mass is 267 g/mol. The van der Waals surface area contributed by atoms with Crippen molar-refractivity contribution in [2.24, 2.45) is 5.41 Å². The predicted molar refractivity (Wildman–Crippen MR) is 82.6 cm³/mol. The number of nitrogens with zero attached hydrogens (tertiary/aromatic N) is 2. The second kappa shape index (κ2) is 6.55. The average molecular weight is 267 g/mol. The van der Waals surface area contributed by atoms with E-state index >= 15 is 0 Å². The molecule has 1 aliphatic heterocycles. The molecule has 2 unspecified atom stereocenters. The van der Waals surface area contributed by atoms with Gasteiger partial charge < -0.3 is 10.2 Å². The molecule has 2 fully saturated rings. The number of hydrogen-bond donors (Lipinski definition) is 1. The molecule has 0 radical (unpaired) electrons. The highest BCUT2D eigenvalue weighted by Gasteiger charge is 2.41. The van der Waals surface area contributed by atoms with Crippen molar-refractivity contribution >= 4 is 0 Å². The molecule has 3 heteroatoms. The van der Waals surface area contributed by atoms with E-state index in [1.165, 1.54) is 52.0 Å². The minimum atomic E-state index is 0.445. The Balaban J connectivity index is 2.00. The summed E-state index contributed by atoms with van der Waals surface area (Å²) in [6.45, 7) is 16.8. The minimum absolute atomic E-state index is 0.445. The first-order valence-corrected chi connectivity index (χ1v) is 8.28. The summed E-state index contributed by atoms with van der Waals surface area (Å²) in [6, 6.07) is 1.42. The third kappa shape index (κ3) is 3.50. The van der Waals surface area contributed by atoms with Crippen molar-refractivity contribution in [3.63, 3.8) is 0 Å². The maximum absolute atomic E-state index is 3.79. The molecule has 1 saturated carbocycles. The van der Waals surface area contributed by atoms with E-state index in [0.717, 1.165) is 12.6 Å². The SMILES string of the molecule is CCNC1C(N2CCN(CC)CC2)CCCC1(C)C. The molecule has 1 saturated heterocycles. The highest BCUT2D eigenvalue weighted by atomic mass is 15.3. The van der Waals surface area contributed by atoms with E-state index in [4.69, 9.17) is 0 Å². The van der Waals surface area contributed by atoms with Gasteiger partial charge in [0.1, 0.15) is 0 Å². The number of rotatable bonds is 4. The first kappa shape index (κ1) is 15.3. The summed E-state index contributed by atoms with van der Waals surface area (Å²) in [5.41, 5.74) is 0.445. The Bertz CT molecular complexity index is 269. The van der Waals surface area contributed by atoms with Gasteiger partial charge in [-0.05, 0) is 31.3 Å². The fraction of sp³-hybridized carbons (Fsp3) is 1.00. The van der Waals surface area contributed by atoms with Gasteiger partial charge in [0.2, 0.25) is 0 Å². The lowest BCUT2D eigenvalue weighted by Gasteiger charge is -2.50. The van der Waals surface area contributed by atoms with Crippen LogP contribution in [0.2, 0.25) is 0 Å². The van der Waals surface area contributed by atoms with Crippen molar-refractivity contribution in [3.8, 4) is 0 Å². The van der Waals surface area contributed by atoms with Crippen LogP contribution < -0.4 is 5.32 Å². The molecule has 1 heterocycles. The van der Waals surface area contributed by atoms with Crippen LogP contribution >= 0.6 is 0 Å². The third-order valence-electron chi connectivity index (χ3n) is 5.29. The van der Waals surface area contributed by atoms with Gasteiger partial charge in [-0.2, -0.15) is 0 Å². The Kier molecular flexibility index (Phi) is 5.27. The van der Waals surface area contributed by atoms with Crippen LogP contribution in [0.3, 0.4) is 0 Å². The normalized spacial score (nSPS) is 33.5. The van der Waals surface area contributed by atoms with Crippen LogP contribution in [-0.4, -0.2) is 61.2 Å². The van der Waals surface area contributed by atoms with Crippen LogP contribution in [-0.2, 0) is 0 Å².